The maximum atomic E-state index is 12.1. The van der Waals surface area contributed by atoms with Crippen LogP contribution in [0.15, 0.2) is 24.3 Å². The number of hydrogen-bond acceptors (Lipinski definition) is 5. The van der Waals surface area contributed by atoms with Crippen LogP contribution in [0.3, 0.4) is 0 Å². The summed E-state index contributed by atoms with van der Waals surface area (Å²) in [7, 11) is 0. The fourth-order valence-electron chi connectivity index (χ4n) is 4.48. The monoisotopic (exact) mass is 533 g/mol. The standard InChI is InChI=1S/C33H59NO4/c1-3-5-7-8-9-10-11-12-13-14-15-16-17-18-19-20-26-36-27-28-37-29-30-38-33(35)31-21-23-32(24-22-31)34-25-6-4-2/h21-24,34H,3-20,25-30H2,1-2H3. The van der Waals surface area contributed by atoms with Gasteiger partial charge in [0, 0.05) is 18.8 Å². The minimum Gasteiger partial charge on any atom is -0.460 e. The first-order chi connectivity index (χ1) is 18.8. The third kappa shape index (κ3) is 21.4. The number of anilines is 1. The quantitative estimate of drug-likeness (QED) is 0.0859. The third-order valence-corrected chi connectivity index (χ3v) is 6.96. The van der Waals surface area contributed by atoms with Gasteiger partial charge < -0.3 is 19.5 Å². The zero-order valence-corrected chi connectivity index (χ0v) is 24.9. The number of carbonyl (C=O) groups is 1. The summed E-state index contributed by atoms with van der Waals surface area (Å²) >= 11 is 0. The van der Waals surface area contributed by atoms with Crippen LogP contribution in [-0.2, 0) is 14.2 Å². The van der Waals surface area contributed by atoms with Crippen LogP contribution in [0, 0.1) is 0 Å². The van der Waals surface area contributed by atoms with Crippen molar-refractivity contribution in [3.8, 4) is 0 Å². The van der Waals surface area contributed by atoms with Gasteiger partial charge in [0.05, 0.1) is 25.4 Å². The lowest BCUT2D eigenvalue weighted by Gasteiger charge is -2.08. The van der Waals surface area contributed by atoms with E-state index in [0.29, 0.717) is 25.4 Å². The number of benzene rings is 1. The summed E-state index contributed by atoms with van der Waals surface area (Å²) in [4.78, 5) is 12.1. The van der Waals surface area contributed by atoms with Gasteiger partial charge in [-0.1, -0.05) is 117 Å². The number of rotatable bonds is 28. The van der Waals surface area contributed by atoms with Crippen LogP contribution in [0.1, 0.15) is 140 Å². The zero-order valence-electron chi connectivity index (χ0n) is 24.9. The highest BCUT2D eigenvalue weighted by molar-refractivity contribution is 5.89. The molecule has 0 fully saturated rings. The van der Waals surface area contributed by atoms with Gasteiger partial charge in [-0.3, -0.25) is 0 Å². The molecule has 0 aliphatic rings. The van der Waals surface area contributed by atoms with Gasteiger partial charge in [-0.15, -0.1) is 0 Å². The molecule has 0 aliphatic heterocycles. The van der Waals surface area contributed by atoms with E-state index in [4.69, 9.17) is 14.2 Å². The molecule has 0 bridgehead atoms. The molecule has 0 saturated heterocycles. The molecule has 0 aliphatic carbocycles. The second-order valence-electron chi connectivity index (χ2n) is 10.5. The molecule has 0 heterocycles. The van der Waals surface area contributed by atoms with E-state index in [1.54, 1.807) is 12.1 Å². The summed E-state index contributed by atoms with van der Waals surface area (Å²) in [6, 6.07) is 7.42. The second-order valence-corrected chi connectivity index (χ2v) is 10.5. The van der Waals surface area contributed by atoms with Crippen molar-refractivity contribution >= 4 is 11.7 Å². The van der Waals surface area contributed by atoms with E-state index in [2.05, 4.69) is 19.2 Å². The van der Waals surface area contributed by atoms with Gasteiger partial charge in [0.25, 0.3) is 0 Å². The summed E-state index contributed by atoms with van der Waals surface area (Å²) in [5.41, 5.74) is 1.59. The van der Waals surface area contributed by atoms with E-state index in [0.717, 1.165) is 38.1 Å². The van der Waals surface area contributed by atoms with Crippen LogP contribution in [-0.4, -0.2) is 45.5 Å². The van der Waals surface area contributed by atoms with E-state index in [1.807, 2.05) is 12.1 Å². The van der Waals surface area contributed by atoms with E-state index in [1.165, 1.54) is 96.3 Å². The van der Waals surface area contributed by atoms with E-state index in [9.17, 15) is 4.79 Å². The Balaban J connectivity index is 1.78. The van der Waals surface area contributed by atoms with Gasteiger partial charge >= 0.3 is 5.97 Å². The zero-order chi connectivity index (χ0) is 27.4. The number of carbonyl (C=O) groups excluding carboxylic acids is 1. The van der Waals surface area contributed by atoms with Gasteiger partial charge in [-0.25, -0.2) is 4.79 Å². The summed E-state index contributed by atoms with van der Waals surface area (Å²) in [6.45, 7) is 7.99. The molecule has 0 radical (unpaired) electrons. The smallest absolute Gasteiger partial charge is 0.338 e. The van der Waals surface area contributed by atoms with Gasteiger partial charge in [0.1, 0.15) is 6.61 Å². The van der Waals surface area contributed by atoms with Crippen molar-refractivity contribution in [3.05, 3.63) is 29.8 Å². The first kappa shape index (κ1) is 34.4. The summed E-state index contributed by atoms with van der Waals surface area (Å²) in [5.74, 6) is -0.312. The minimum atomic E-state index is -0.312. The lowest BCUT2D eigenvalue weighted by molar-refractivity contribution is 0.0141. The Labute approximate surface area is 234 Å². The molecule has 38 heavy (non-hydrogen) atoms. The highest BCUT2D eigenvalue weighted by atomic mass is 16.6. The molecule has 1 rings (SSSR count). The average Bonchev–Trinajstić information content (AvgIpc) is 2.94. The highest BCUT2D eigenvalue weighted by Gasteiger charge is 2.06. The van der Waals surface area contributed by atoms with E-state index in [-0.39, 0.29) is 12.6 Å². The summed E-state index contributed by atoms with van der Waals surface area (Å²) < 4.78 is 16.5. The van der Waals surface area contributed by atoms with Crippen LogP contribution in [0.4, 0.5) is 5.69 Å². The van der Waals surface area contributed by atoms with Crippen LogP contribution < -0.4 is 5.32 Å². The first-order valence-corrected chi connectivity index (χ1v) is 15.9. The highest BCUT2D eigenvalue weighted by Crippen LogP contribution is 2.14. The molecule has 220 valence electrons. The summed E-state index contributed by atoms with van der Waals surface area (Å²) in [5, 5.41) is 3.34. The predicted molar refractivity (Wildman–Crippen MR) is 161 cm³/mol. The molecule has 5 heteroatoms. The molecule has 0 unspecified atom stereocenters. The van der Waals surface area contributed by atoms with Crippen molar-refractivity contribution < 1.29 is 19.0 Å². The summed E-state index contributed by atoms with van der Waals surface area (Å²) in [6.07, 6.45) is 24.4. The minimum absolute atomic E-state index is 0.258. The topological polar surface area (TPSA) is 56.8 Å². The molecule has 1 aromatic rings. The third-order valence-electron chi connectivity index (χ3n) is 6.96. The second kappa shape index (κ2) is 27.0. The molecular formula is C33H59NO4. The van der Waals surface area contributed by atoms with Crippen molar-refractivity contribution in [1.82, 2.24) is 0 Å². The maximum Gasteiger partial charge on any atom is 0.338 e. The van der Waals surface area contributed by atoms with Gasteiger partial charge in [-0.05, 0) is 37.1 Å². The van der Waals surface area contributed by atoms with E-state index >= 15 is 0 Å². The normalized spacial score (nSPS) is 11.1. The van der Waals surface area contributed by atoms with Crippen LogP contribution in [0.25, 0.3) is 0 Å². The Kier molecular flexibility index (Phi) is 24.5. The molecule has 0 amide bonds. The molecule has 1 N–H and O–H groups in total. The maximum absolute atomic E-state index is 12.1. The van der Waals surface area contributed by atoms with E-state index < -0.39 is 0 Å². The Hall–Kier alpha value is -1.59. The van der Waals surface area contributed by atoms with Crippen LogP contribution in [0.2, 0.25) is 0 Å². The SMILES string of the molecule is CCCCCCCCCCCCCCCCCCOCCOCCOC(=O)c1ccc(NCCCC)cc1. The lowest BCUT2D eigenvalue weighted by atomic mass is 10.0. The average molecular weight is 534 g/mol. The molecule has 0 aromatic heterocycles. The fourth-order valence-corrected chi connectivity index (χ4v) is 4.48. The number of unbranched alkanes of at least 4 members (excludes halogenated alkanes) is 16. The first-order valence-electron chi connectivity index (χ1n) is 15.9. The van der Waals surface area contributed by atoms with Gasteiger partial charge in [-0.2, -0.15) is 0 Å². The van der Waals surface area contributed by atoms with Crippen molar-refractivity contribution in [1.29, 1.82) is 0 Å². The Morgan fingerprint density at radius 1 is 0.553 bits per heavy atom. The van der Waals surface area contributed by atoms with Crippen molar-refractivity contribution in [2.75, 3.05) is 44.9 Å². The molecule has 1 aromatic carbocycles. The molecule has 0 atom stereocenters. The number of hydrogen-bond donors (Lipinski definition) is 1. The Morgan fingerprint density at radius 3 is 1.53 bits per heavy atom. The molecule has 0 spiro atoms. The number of esters is 1. The molecular weight excluding hydrogens is 474 g/mol. The van der Waals surface area contributed by atoms with Crippen molar-refractivity contribution in [2.24, 2.45) is 0 Å². The number of ether oxygens (including phenoxy) is 3. The van der Waals surface area contributed by atoms with Crippen molar-refractivity contribution in [3.63, 3.8) is 0 Å². The van der Waals surface area contributed by atoms with Crippen LogP contribution in [0.5, 0.6) is 0 Å². The molecule has 5 nitrogen and oxygen atoms in total. The van der Waals surface area contributed by atoms with Crippen molar-refractivity contribution in [2.45, 2.75) is 129 Å². The Morgan fingerprint density at radius 2 is 1.00 bits per heavy atom. The van der Waals surface area contributed by atoms with Crippen LogP contribution >= 0.6 is 0 Å². The lowest BCUT2D eigenvalue weighted by Crippen LogP contribution is -2.13. The predicted octanol–water partition coefficient (Wildman–Crippen LogP) is 9.35. The largest absolute Gasteiger partial charge is 0.460 e. The van der Waals surface area contributed by atoms with Gasteiger partial charge in [0.2, 0.25) is 0 Å². The Bertz CT molecular complexity index is 634. The molecule has 0 saturated carbocycles. The fraction of sp³-hybridized carbons (Fsp3) is 0.788. The van der Waals surface area contributed by atoms with Gasteiger partial charge in [0.15, 0.2) is 0 Å². The number of nitrogens with one attached hydrogen (secondary N) is 1.